The van der Waals surface area contributed by atoms with Gasteiger partial charge in [-0.25, -0.2) is 9.37 Å². The topological polar surface area (TPSA) is 83.1 Å². The van der Waals surface area contributed by atoms with E-state index in [1.165, 1.54) is 23.5 Å². The Bertz CT molecular complexity index is 1240. The molecule has 0 saturated carbocycles. The van der Waals surface area contributed by atoms with Crippen LogP contribution in [0.3, 0.4) is 0 Å². The highest BCUT2D eigenvalue weighted by molar-refractivity contribution is 7.22. The lowest BCUT2D eigenvalue weighted by molar-refractivity contribution is -0.121. The first kappa shape index (κ1) is 23.5. The molecule has 5 rings (SSSR count). The van der Waals surface area contributed by atoms with Crippen LogP contribution in [0.15, 0.2) is 42.5 Å². The van der Waals surface area contributed by atoms with E-state index in [9.17, 15) is 18.8 Å². The van der Waals surface area contributed by atoms with Crippen molar-refractivity contribution in [2.45, 2.75) is 19.3 Å². The first-order valence-electron chi connectivity index (χ1n) is 11.6. The van der Waals surface area contributed by atoms with E-state index in [4.69, 9.17) is 4.74 Å². The molecule has 0 unspecified atom stereocenters. The number of aromatic nitrogens is 1. The van der Waals surface area contributed by atoms with Crippen molar-refractivity contribution in [3.8, 4) is 0 Å². The number of halogens is 1. The van der Waals surface area contributed by atoms with E-state index in [1.54, 1.807) is 35.2 Å². The van der Waals surface area contributed by atoms with Crippen LogP contribution in [0.25, 0.3) is 10.2 Å². The van der Waals surface area contributed by atoms with E-state index in [1.807, 2.05) is 0 Å². The molecule has 1 aromatic heterocycles. The first-order chi connectivity index (χ1) is 17.0. The van der Waals surface area contributed by atoms with Gasteiger partial charge in [0.25, 0.3) is 5.91 Å². The molecule has 0 bridgehead atoms. The molecule has 0 aliphatic carbocycles. The van der Waals surface area contributed by atoms with Crippen LogP contribution >= 0.6 is 11.3 Å². The van der Waals surface area contributed by atoms with Crippen LogP contribution < -0.4 is 9.80 Å². The van der Waals surface area contributed by atoms with Crippen molar-refractivity contribution in [2.75, 3.05) is 49.2 Å². The fraction of sp³-hybridized carbons (Fsp3) is 0.360. The maximum atomic E-state index is 13.7. The normalized spacial score (nSPS) is 16.9. The van der Waals surface area contributed by atoms with Crippen molar-refractivity contribution in [3.63, 3.8) is 0 Å². The van der Waals surface area contributed by atoms with Gasteiger partial charge in [-0.1, -0.05) is 11.3 Å². The first-order valence-corrected chi connectivity index (χ1v) is 12.5. The Kier molecular flexibility index (Phi) is 6.85. The highest BCUT2D eigenvalue weighted by atomic mass is 32.1. The molecule has 3 aromatic rings. The van der Waals surface area contributed by atoms with Gasteiger partial charge in [0.1, 0.15) is 5.82 Å². The molecule has 3 heterocycles. The van der Waals surface area contributed by atoms with E-state index in [0.717, 1.165) is 31.0 Å². The second kappa shape index (κ2) is 10.2. The molecule has 2 aliphatic rings. The number of imide groups is 1. The smallest absolute Gasteiger partial charge is 0.260 e. The molecule has 10 heteroatoms. The van der Waals surface area contributed by atoms with Gasteiger partial charge in [-0.3, -0.25) is 29.1 Å². The molecule has 0 spiro atoms. The molecule has 35 heavy (non-hydrogen) atoms. The fourth-order valence-corrected chi connectivity index (χ4v) is 5.35. The van der Waals surface area contributed by atoms with Crippen LogP contribution in [0.2, 0.25) is 0 Å². The Morgan fingerprint density at radius 2 is 1.77 bits per heavy atom. The second-order valence-electron chi connectivity index (χ2n) is 8.54. The van der Waals surface area contributed by atoms with Gasteiger partial charge in [-0.2, -0.15) is 0 Å². The quantitative estimate of drug-likeness (QED) is 0.466. The fourth-order valence-electron chi connectivity index (χ4n) is 4.34. The predicted molar refractivity (Wildman–Crippen MR) is 131 cm³/mol. The number of ether oxygens (including phenoxy) is 1. The average Bonchev–Trinajstić information content (AvgIpc) is 3.44. The lowest BCUT2D eigenvalue weighted by Gasteiger charge is -2.27. The lowest BCUT2D eigenvalue weighted by Crippen LogP contribution is -2.39. The van der Waals surface area contributed by atoms with E-state index < -0.39 is 0 Å². The van der Waals surface area contributed by atoms with Crippen molar-refractivity contribution >= 4 is 50.1 Å². The van der Waals surface area contributed by atoms with Crippen molar-refractivity contribution < 1.29 is 23.5 Å². The minimum Gasteiger partial charge on any atom is -0.379 e. The van der Waals surface area contributed by atoms with Crippen molar-refractivity contribution in [3.05, 3.63) is 53.8 Å². The van der Waals surface area contributed by atoms with Crippen LogP contribution in [-0.4, -0.2) is 67.0 Å². The van der Waals surface area contributed by atoms with Crippen LogP contribution in [0.1, 0.15) is 29.6 Å². The number of rotatable bonds is 7. The molecule has 2 fully saturated rings. The minimum absolute atomic E-state index is 0.203. The summed E-state index contributed by atoms with van der Waals surface area (Å²) >= 11 is 1.28. The molecule has 0 radical (unpaired) electrons. The summed E-state index contributed by atoms with van der Waals surface area (Å²) in [4.78, 5) is 47.3. The number of fused-ring (bicyclic) bond motifs is 1. The third-order valence-electron chi connectivity index (χ3n) is 6.20. The Morgan fingerprint density at radius 1 is 1.06 bits per heavy atom. The number of benzene rings is 2. The van der Waals surface area contributed by atoms with Gasteiger partial charge in [0.05, 0.1) is 29.1 Å². The molecule has 2 saturated heterocycles. The molecular weight excluding hydrogens is 471 g/mol. The van der Waals surface area contributed by atoms with Gasteiger partial charge in [0, 0.05) is 44.6 Å². The average molecular weight is 497 g/mol. The van der Waals surface area contributed by atoms with Crippen molar-refractivity contribution in [1.82, 2.24) is 9.88 Å². The van der Waals surface area contributed by atoms with E-state index >= 15 is 0 Å². The SMILES string of the molecule is O=C(c1ccc(N2C(=O)CCC2=O)cc1)N(CCCN1CCOCC1)c1nc2ccc(F)cc2s1. The highest BCUT2D eigenvalue weighted by Gasteiger charge is 2.30. The number of carbonyl (C=O) groups is 3. The molecule has 0 atom stereocenters. The zero-order valence-corrected chi connectivity index (χ0v) is 19.9. The van der Waals surface area contributed by atoms with Gasteiger partial charge in [-0.15, -0.1) is 0 Å². The molecule has 8 nitrogen and oxygen atoms in total. The summed E-state index contributed by atoms with van der Waals surface area (Å²) in [6.45, 7) is 4.42. The lowest BCUT2D eigenvalue weighted by atomic mass is 10.1. The summed E-state index contributed by atoms with van der Waals surface area (Å²) < 4.78 is 19.8. The third kappa shape index (κ3) is 5.09. The number of hydrogen-bond acceptors (Lipinski definition) is 7. The Labute approximate surface area is 205 Å². The van der Waals surface area contributed by atoms with Gasteiger partial charge >= 0.3 is 0 Å². The number of anilines is 2. The number of morpholine rings is 1. The number of thiazole rings is 1. The zero-order valence-electron chi connectivity index (χ0n) is 19.1. The van der Waals surface area contributed by atoms with Crippen LogP contribution in [-0.2, 0) is 14.3 Å². The van der Waals surface area contributed by atoms with Gasteiger partial charge in [-0.05, 0) is 48.9 Å². The summed E-state index contributed by atoms with van der Waals surface area (Å²) in [5, 5.41) is 0.506. The molecule has 0 N–H and O–H groups in total. The number of amides is 3. The number of carbonyl (C=O) groups excluding carboxylic acids is 3. The predicted octanol–water partition coefficient (Wildman–Crippen LogP) is 3.46. The monoisotopic (exact) mass is 496 g/mol. The van der Waals surface area contributed by atoms with Crippen LogP contribution in [0, 0.1) is 5.82 Å². The molecule has 2 aromatic carbocycles. The number of nitrogens with zero attached hydrogens (tertiary/aromatic N) is 4. The Hall–Kier alpha value is -3.21. The molecule has 3 amide bonds. The van der Waals surface area contributed by atoms with Crippen LogP contribution in [0.5, 0.6) is 0 Å². The maximum Gasteiger partial charge on any atom is 0.260 e. The molecule has 2 aliphatic heterocycles. The van der Waals surface area contributed by atoms with Gasteiger partial charge < -0.3 is 4.74 Å². The summed E-state index contributed by atoms with van der Waals surface area (Å²) in [6.07, 6.45) is 1.15. The van der Waals surface area contributed by atoms with Crippen LogP contribution in [0.4, 0.5) is 15.2 Å². The summed E-state index contributed by atoms with van der Waals surface area (Å²) in [7, 11) is 0. The minimum atomic E-state index is -0.348. The van der Waals surface area contributed by atoms with Crippen molar-refractivity contribution in [2.24, 2.45) is 0 Å². The van der Waals surface area contributed by atoms with E-state index in [2.05, 4.69) is 9.88 Å². The third-order valence-corrected chi connectivity index (χ3v) is 7.24. The Morgan fingerprint density at radius 3 is 2.49 bits per heavy atom. The largest absolute Gasteiger partial charge is 0.379 e. The summed E-state index contributed by atoms with van der Waals surface area (Å²) in [5.41, 5.74) is 1.52. The molecule has 182 valence electrons. The van der Waals surface area contributed by atoms with Gasteiger partial charge in [0.15, 0.2) is 5.13 Å². The standard InChI is InChI=1S/C25H25FN4O4S/c26-18-4-7-20-21(16-18)35-25(27-20)29(11-1-10-28-12-14-34-15-13-28)24(33)17-2-5-19(6-3-17)30-22(31)8-9-23(30)32/h2-7,16H,1,8-15H2. The number of hydrogen-bond donors (Lipinski definition) is 0. The molecular formula is C25H25FN4O4S. The highest BCUT2D eigenvalue weighted by Crippen LogP contribution is 2.31. The summed E-state index contributed by atoms with van der Waals surface area (Å²) in [5.74, 6) is -1.06. The maximum absolute atomic E-state index is 13.7. The summed E-state index contributed by atoms with van der Waals surface area (Å²) in [6, 6.07) is 10.9. The van der Waals surface area contributed by atoms with Crippen molar-refractivity contribution in [1.29, 1.82) is 0 Å². The van der Waals surface area contributed by atoms with E-state index in [0.29, 0.717) is 46.4 Å². The Balaban J connectivity index is 1.38. The van der Waals surface area contributed by atoms with Gasteiger partial charge in [0.2, 0.25) is 11.8 Å². The van der Waals surface area contributed by atoms with E-state index in [-0.39, 0.29) is 36.4 Å². The second-order valence-corrected chi connectivity index (χ2v) is 9.55. The zero-order chi connectivity index (χ0) is 24.4.